The quantitative estimate of drug-likeness (QED) is 0.882. The third-order valence-electron chi connectivity index (χ3n) is 4.67. The number of carbonyl (C=O) groups excluding carboxylic acids is 1. The van der Waals surface area contributed by atoms with Gasteiger partial charge in [0.25, 0.3) is 0 Å². The number of halogens is 3. The Morgan fingerprint density at radius 3 is 2.38 bits per heavy atom. The van der Waals surface area contributed by atoms with Crippen LogP contribution in [0.4, 0.5) is 18.9 Å². The van der Waals surface area contributed by atoms with Gasteiger partial charge in [0.1, 0.15) is 0 Å². The van der Waals surface area contributed by atoms with Crippen molar-refractivity contribution in [3.63, 3.8) is 0 Å². The highest BCUT2D eigenvalue weighted by molar-refractivity contribution is 5.95. The molecule has 1 aliphatic rings. The Morgan fingerprint density at radius 2 is 1.83 bits per heavy atom. The molecule has 1 fully saturated rings. The van der Waals surface area contributed by atoms with Crippen LogP contribution < -0.4 is 5.32 Å². The Kier molecular flexibility index (Phi) is 5.87. The summed E-state index contributed by atoms with van der Waals surface area (Å²) in [5.74, 6) is -0.246. The monoisotopic (exact) mass is 344 g/mol. The van der Waals surface area contributed by atoms with Crippen LogP contribution in [0.5, 0.6) is 0 Å². The highest BCUT2D eigenvalue weighted by atomic mass is 19.4. The van der Waals surface area contributed by atoms with Gasteiger partial charge in [-0.1, -0.05) is 12.1 Å². The van der Waals surface area contributed by atoms with Crippen LogP contribution in [-0.2, 0) is 11.0 Å². The lowest BCUT2D eigenvalue weighted by atomic mass is 9.91. The van der Waals surface area contributed by atoms with E-state index in [9.17, 15) is 23.1 Å². The largest absolute Gasteiger partial charge is 0.418 e. The number of nitrogens with one attached hydrogen (secondary N) is 1. The van der Waals surface area contributed by atoms with Gasteiger partial charge in [-0.25, -0.2) is 0 Å². The summed E-state index contributed by atoms with van der Waals surface area (Å²) in [5.41, 5.74) is -1.07. The smallest absolute Gasteiger partial charge is 0.393 e. The number of benzene rings is 1. The van der Waals surface area contributed by atoms with Gasteiger partial charge in [0, 0.05) is 0 Å². The molecule has 1 saturated heterocycles. The maximum atomic E-state index is 13.0. The van der Waals surface area contributed by atoms with Crippen LogP contribution in [0.1, 0.15) is 32.3 Å². The van der Waals surface area contributed by atoms with Crippen molar-refractivity contribution < 1.29 is 23.1 Å². The number of aliphatic hydroxyl groups is 1. The third-order valence-corrected chi connectivity index (χ3v) is 4.67. The van der Waals surface area contributed by atoms with Crippen LogP contribution >= 0.6 is 0 Å². The molecule has 2 unspecified atom stereocenters. The molecular formula is C17H23F3N2O2. The van der Waals surface area contributed by atoms with E-state index in [-0.39, 0.29) is 17.7 Å². The third kappa shape index (κ3) is 4.48. The average Bonchev–Trinajstić information content (AvgIpc) is 2.53. The summed E-state index contributed by atoms with van der Waals surface area (Å²) in [6.07, 6.45) is -3.35. The van der Waals surface area contributed by atoms with Crippen LogP contribution in [0.3, 0.4) is 0 Å². The standard InChI is InChI=1S/C17H23F3N2O2/c1-11(22-9-7-13(8-10-22)12(2)23)16(24)21-15-6-4-3-5-14(15)17(18,19)20/h3-6,11-13,23H,7-10H2,1-2H3,(H,21,24). The van der Waals surface area contributed by atoms with E-state index in [0.717, 1.165) is 18.9 Å². The van der Waals surface area contributed by atoms with Gasteiger partial charge < -0.3 is 10.4 Å². The Bertz CT molecular complexity index is 567. The lowest BCUT2D eigenvalue weighted by Gasteiger charge is -2.36. The number of hydrogen-bond acceptors (Lipinski definition) is 3. The average molecular weight is 344 g/mol. The fourth-order valence-electron chi connectivity index (χ4n) is 3.03. The highest BCUT2D eigenvalue weighted by Crippen LogP contribution is 2.34. The van der Waals surface area contributed by atoms with E-state index in [2.05, 4.69) is 5.32 Å². The zero-order valence-corrected chi connectivity index (χ0v) is 13.8. The molecule has 0 bridgehead atoms. The van der Waals surface area contributed by atoms with Crippen molar-refractivity contribution in [1.82, 2.24) is 4.90 Å². The molecule has 0 aromatic heterocycles. The fourth-order valence-corrected chi connectivity index (χ4v) is 3.03. The summed E-state index contributed by atoms with van der Waals surface area (Å²) < 4.78 is 39.0. The molecule has 0 radical (unpaired) electrons. The molecule has 1 heterocycles. The first kappa shape index (κ1) is 18.7. The fraction of sp³-hybridized carbons (Fsp3) is 0.588. The number of para-hydroxylation sites is 1. The molecule has 7 heteroatoms. The van der Waals surface area contributed by atoms with Gasteiger partial charge in [-0.3, -0.25) is 9.69 Å². The van der Waals surface area contributed by atoms with Crippen molar-refractivity contribution in [1.29, 1.82) is 0 Å². The van der Waals surface area contributed by atoms with Gasteiger partial charge in [-0.15, -0.1) is 0 Å². The molecule has 2 atom stereocenters. The second-order valence-corrected chi connectivity index (χ2v) is 6.32. The number of anilines is 1. The Balaban J connectivity index is 2.01. The Hall–Kier alpha value is -1.60. The number of alkyl halides is 3. The number of rotatable bonds is 4. The molecule has 1 amide bonds. The topological polar surface area (TPSA) is 52.6 Å². The SMILES string of the molecule is CC(O)C1CCN(C(C)C(=O)Nc2ccccc2C(F)(F)F)CC1. The number of carbonyl (C=O) groups is 1. The van der Waals surface area contributed by atoms with Crippen molar-refractivity contribution in [2.75, 3.05) is 18.4 Å². The van der Waals surface area contributed by atoms with Crippen molar-refractivity contribution in [3.8, 4) is 0 Å². The molecule has 134 valence electrons. The molecule has 4 nitrogen and oxygen atoms in total. The molecule has 2 N–H and O–H groups in total. The Morgan fingerprint density at radius 1 is 1.25 bits per heavy atom. The predicted molar refractivity (Wildman–Crippen MR) is 85.5 cm³/mol. The predicted octanol–water partition coefficient (Wildman–Crippen LogP) is 3.13. The normalized spacial score (nSPS) is 19.8. The van der Waals surface area contributed by atoms with E-state index in [1.807, 2.05) is 4.90 Å². The van der Waals surface area contributed by atoms with Gasteiger partial charge in [0.2, 0.25) is 5.91 Å². The van der Waals surface area contributed by atoms with Gasteiger partial charge in [-0.05, 0) is 57.8 Å². The second kappa shape index (κ2) is 7.53. The zero-order valence-electron chi connectivity index (χ0n) is 13.8. The summed E-state index contributed by atoms with van der Waals surface area (Å²) in [6, 6.07) is 4.44. The first-order valence-electron chi connectivity index (χ1n) is 8.09. The minimum absolute atomic E-state index is 0.211. The Labute approximate surface area is 139 Å². The van der Waals surface area contributed by atoms with Crippen LogP contribution in [0.2, 0.25) is 0 Å². The van der Waals surface area contributed by atoms with E-state index in [4.69, 9.17) is 0 Å². The molecule has 0 saturated carbocycles. The summed E-state index contributed by atoms with van der Waals surface area (Å²) in [7, 11) is 0. The minimum atomic E-state index is -4.51. The summed E-state index contributed by atoms with van der Waals surface area (Å²) in [4.78, 5) is 14.3. The van der Waals surface area contributed by atoms with Crippen LogP contribution in [0.25, 0.3) is 0 Å². The first-order valence-corrected chi connectivity index (χ1v) is 8.09. The van der Waals surface area contributed by atoms with Crippen molar-refractivity contribution >= 4 is 11.6 Å². The van der Waals surface area contributed by atoms with Gasteiger partial charge in [0.15, 0.2) is 0 Å². The molecule has 2 rings (SSSR count). The van der Waals surface area contributed by atoms with E-state index in [1.54, 1.807) is 13.8 Å². The second-order valence-electron chi connectivity index (χ2n) is 6.32. The molecule has 0 spiro atoms. The summed E-state index contributed by atoms with van der Waals surface area (Å²) >= 11 is 0. The molecule has 1 aromatic carbocycles. The number of amides is 1. The minimum Gasteiger partial charge on any atom is -0.393 e. The first-order chi connectivity index (χ1) is 11.2. The number of hydrogen-bond donors (Lipinski definition) is 2. The number of likely N-dealkylation sites (tertiary alicyclic amines) is 1. The highest BCUT2D eigenvalue weighted by Gasteiger charge is 2.34. The lowest BCUT2D eigenvalue weighted by molar-refractivity contribution is -0.137. The van der Waals surface area contributed by atoms with Crippen LogP contribution in [0, 0.1) is 5.92 Å². The van der Waals surface area contributed by atoms with Crippen molar-refractivity contribution in [2.45, 2.75) is 45.0 Å². The number of aliphatic hydroxyl groups excluding tert-OH is 1. The van der Waals surface area contributed by atoms with Gasteiger partial charge in [-0.2, -0.15) is 13.2 Å². The summed E-state index contributed by atoms with van der Waals surface area (Å²) in [5, 5.41) is 12.0. The van der Waals surface area contributed by atoms with Crippen LogP contribution in [0.15, 0.2) is 24.3 Å². The molecule has 0 aliphatic carbocycles. The number of nitrogens with zero attached hydrogens (tertiary/aromatic N) is 1. The number of piperidine rings is 1. The van der Waals surface area contributed by atoms with Crippen molar-refractivity contribution in [3.05, 3.63) is 29.8 Å². The van der Waals surface area contributed by atoms with Crippen LogP contribution in [-0.4, -0.2) is 41.1 Å². The maximum Gasteiger partial charge on any atom is 0.418 e. The van der Waals surface area contributed by atoms with Gasteiger partial charge >= 0.3 is 6.18 Å². The molecule has 1 aromatic rings. The van der Waals surface area contributed by atoms with E-state index >= 15 is 0 Å². The lowest BCUT2D eigenvalue weighted by Crippen LogP contribution is -2.47. The molecular weight excluding hydrogens is 321 g/mol. The van der Waals surface area contributed by atoms with E-state index in [0.29, 0.717) is 13.1 Å². The summed E-state index contributed by atoms with van der Waals surface area (Å²) in [6.45, 7) is 4.73. The molecule has 24 heavy (non-hydrogen) atoms. The molecule has 1 aliphatic heterocycles. The maximum absolute atomic E-state index is 13.0. The van der Waals surface area contributed by atoms with E-state index in [1.165, 1.54) is 18.2 Å². The van der Waals surface area contributed by atoms with E-state index < -0.39 is 23.7 Å². The van der Waals surface area contributed by atoms with Crippen molar-refractivity contribution in [2.24, 2.45) is 5.92 Å². The van der Waals surface area contributed by atoms with Gasteiger partial charge in [0.05, 0.1) is 23.4 Å². The zero-order chi connectivity index (χ0) is 17.9.